The fraction of sp³-hybridized carbons (Fsp3) is 0.231. The Morgan fingerprint density at radius 1 is 1.37 bits per heavy atom. The number of nitrogens with two attached hydrogens (primary N) is 1. The topological polar surface area (TPSA) is 63.8 Å². The molecule has 19 heavy (non-hydrogen) atoms. The van der Waals surface area contributed by atoms with Crippen molar-refractivity contribution in [3.8, 4) is 0 Å². The lowest BCUT2D eigenvalue weighted by Gasteiger charge is -2.15. The van der Waals surface area contributed by atoms with Crippen LogP contribution < -0.4 is 11.3 Å². The molecule has 2 rings (SSSR count). The zero-order chi connectivity index (χ0) is 13.8. The van der Waals surface area contributed by atoms with E-state index in [4.69, 9.17) is 17.4 Å². The van der Waals surface area contributed by atoms with Gasteiger partial charge < -0.3 is 0 Å². The summed E-state index contributed by atoms with van der Waals surface area (Å²) in [4.78, 5) is 8.37. The molecule has 0 bridgehead atoms. The molecule has 100 valence electrons. The summed E-state index contributed by atoms with van der Waals surface area (Å²) in [6.45, 7) is 1.89. The first-order chi connectivity index (χ1) is 9.11. The number of hydrogen-bond donors (Lipinski definition) is 2. The molecule has 4 nitrogen and oxygen atoms in total. The Morgan fingerprint density at radius 3 is 2.63 bits per heavy atom. The molecule has 0 radical (unpaired) electrons. The first-order valence-corrected chi connectivity index (χ1v) is 6.17. The summed E-state index contributed by atoms with van der Waals surface area (Å²) < 4.78 is 13.7. The standard InChI is InChI=1S/C13H14ClFN4/c1-8-6-17-13(18-7-8)12(19-16)5-9-10(14)3-2-4-11(9)15/h2-4,6-7,12,19H,5,16H2,1H3. The van der Waals surface area contributed by atoms with Gasteiger partial charge in [-0.25, -0.2) is 19.8 Å². The molecule has 1 atom stereocenters. The molecule has 1 unspecified atom stereocenters. The lowest BCUT2D eigenvalue weighted by atomic mass is 10.0. The van der Waals surface area contributed by atoms with Gasteiger partial charge >= 0.3 is 0 Å². The van der Waals surface area contributed by atoms with E-state index in [2.05, 4.69) is 15.4 Å². The van der Waals surface area contributed by atoms with Gasteiger partial charge in [0.05, 0.1) is 6.04 Å². The van der Waals surface area contributed by atoms with Crippen LogP contribution in [0.2, 0.25) is 5.02 Å². The molecular formula is C13H14ClFN4. The lowest BCUT2D eigenvalue weighted by Crippen LogP contribution is -2.31. The van der Waals surface area contributed by atoms with E-state index in [9.17, 15) is 4.39 Å². The van der Waals surface area contributed by atoms with Crippen molar-refractivity contribution >= 4 is 11.6 Å². The Morgan fingerprint density at radius 2 is 2.05 bits per heavy atom. The Balaban J connectivity index is 2.26. The average Bonchev–Trinajstić information content (AvgIpc) is 2.40. The normalized spacial score (nSPS) is 12.4. The predicted molar refractivity (Wildman–Crippen MR) is 71.9 cm³/mol. The van der Waals surface area contributed by atoms with Crippen LogP contribution in [0.3, 0.4) is 0 Å². The summed E-state index contributed by atoms with van der Waals surface area (Å²) in [5.41, 5.74) is 3.94. The van der Waals surface area contributed by atoms with Gasteiger partial charge in [0.1, 0.15) is 11.6 Å². The van der Waals surface area contributed by atoms with Crippen LogP contribution in [0.5, 0.6) is 0 Å². The van der Waals surface area contributed by atoms with Crippen molar-refractivity contribution in [3.63, 3.8) is 0 Å². The molecular weight excluding hydrogens is 267 g/mol. The van der Waals surface area contributed by atoms with Crippen LogP contribution in [-0.4, -0.2) is 9.97 Å². The first-order valence-electron chi connectivity index (χ1n) is 5.79. The molecule has 6 heteroatoms. The molecule has 0 saturated carbocycles. The quantitative estimate of drug-likeness (QED) is 0.666. The summed E-state index contributed by atoms with van der Waals surface area (Å²) in [5, 5.41) is 0.368. The highest BCUT2D eigenvalue weighted by atomic mass is 35.5. The van der Waals surface area contributed by atoms with Gasteiger partial charge in [0.2, 0.25) is 0 Å². The van der Waals surface area contributed by atoms with Crippen LogP contribution in [0, 0.1) is 12.7 Å². The minimum atomic E-state index is -0.394. The van der Waals surface area contributed by atoms with E-state index >= 15 is 0 Å². The second-order valence-corrected chi connectivity index (χ2v) is 4.65. The summed E-state index contributed by atoms with van der Waals surface area (Å²) in [6.07, 6.45) is 3.66. The number of nitrogens with zero attached hydrogens (tertiary/aromatic N) is 2. The van der Waals surface area contributed by atoms with Crippen molar-refractivity contribution in [2.45, 2.75) is 19.4 Å². The van der Waals surface area contributed by atoms with E-state index < -0.39 is 6.04 Å². The Kier molecular flexibility index (Phi) is 4.42. The van der Waals surface area contributed by atoms with Gasteiger partial charge in [0, 0.05) is 29.4 Å². The number of hydrogen-bond acceptors (Lipinski definition) is 4. The molecule has 1 heterocycles. The third-order valence-electron chi connectivity index (χ3n) is 2.78. The number of halogens is 2. The molecule has 0 fully saturated rings. The van der Waals surface area contributed by atoms with Crippen LogP contribution in [0.15, 0.2) is 30.6 Å². The van der Waals surface area contributed by atoms with Gasteiger partial charge in [-0.1, -0.05) is 17.7 Å². The monoisotopic (exact) mass is 280 g/mol. The zero-order valence-electron chi connectivity index (χ0n) is 10.4. The van der Waals surface area contributed by atoms with Crippen LogP contribution in [0.1, 0.15) is 23.0 Å². The molecule has 0 spiro atoms. The van der Waals surface area contributed by atoms with Crippen LogP contribution in [-0.2, 0) is 6.42 Å². The predicted octanol–water partition coefficient (Wildman–Crippen LogP) is 2.32. The fourth-order valence-electron chi connectivity index (χ4n) is 1.74. The van der Waals surface area contributed by atoms with Gasteiger partial charge in [-0.2, -0.15) is 0 Å². The molecule has 1 aromatic heterocycles. The number of aromatic nitrogens is 2. The summed E-state index contributed by atoms with van der Waals surface area (Å²) >= 11 is 5.99. The maximum absolute atomic E-state index is 13.7. The van der Waals surface area contributed by atoms with Crippen molar-refractivity contribution in [2.75, 3.05) is 0 Å². The van der Waals surface area contributed by atoms with Crippen LogP contribution in [0.25, 0.3) is 0 Å². The molecule has 0 amide bonds. The van der Waals surface area contributed by atoms with E-state index in [1.54, 1.807) is 24.5 Å². The SMILES string of the molecule is Cc1cnc(C(Cc2c(F)cccc2Cl)NN)nc1. The van der Waals surface area contributed by atoms with E-state index in [1.807, 2.05) is 6.92 Å². The minimum Gasteiger partial charge on any atom is -0.271 e. The Labute approximate surface area is 115 Å². The third-order valence-corrected chi connectivity index (χ3v) is 3.14. The number of hydrazine groups is 1. The van der Waals surface area contributed by atoms with Crippen LogP contribution in [0.4, 0.5) is 4.39 Å². The second kappa shape index (κ2) is 6.06. The highest BCUT2D eigenvalue weighted by Gasteiger charge is 2.17. The smallest absolute Gasteiger partial charge is 0.146 e. The average molecular weight is 281 g/mol. The second-order valence-electron chi connectivity index (χ2n) is 4.24. The maximum atomic E-state index is 13.7. The Bertz CT molecular complexity index is 539. The van der Waals surface area contributed by atoms with E-state index in [0.717, 1.165) is 5.56 Å². The largest absolute Gasteiger partial charge is 0.271 e. The van der Waals surface area contributed by atoms with Crippen molar-refractivity contribution in [1.82, 2.24) is 15.4 Å². The van der Waals surface area contributed by atoms with Crippen molar-refractivity contribution in [1.29, 1.82) is 0 Å². The fourth-order valence-corrected chi connectivity index (χ4v) is 1.98. The van der Waals surface area contributed by atoms with Gasteiger partial charge in [0.15, 0.2) is 0 Å². The van der Waals surface area contributed by atoms with Gasteiger partial charge in [0.25, 0.3) is 0 Å². The van der Waals surface area contributed by atoms with E-state index in [1.165, 1.54) is 6.07 Å². The van der Waals surface area contributed by atoms with Crippen molar-refractivity contribution in [2.24, 2.45) is 5.84 Å². The number of rotatable bonds is 4. The summed E-state index contributed by atoms with van der Waals surface area (Å²) in [7, 11) is 0. The highest BCUT2D eigenvalue weighted by molar-refractivity contribution is 6.31. The zero-order valence-corrected chi connectivity index (χ0v) is 11.2. The number of nitrogens with one attached hydrogen (secondary N) is 1. The molecule has 0 aliphatic rings. The summed E-state index contributed by atoms with van der Waals surface area (Å²) in [6, 6.07) is 4.18. The molecule has 1 aromatic carbocycles. The first kappa shape index (κ1) is 13.9. The molecule has 3 N–H and O–H groups in total. The number of aryl methyl sites for hydroxylation is 1. The van der Waals surface area contributed by atoms with E-state index in [-0.39, 0.29) is 12.2 Å². The van der Waals surface area contributed by atoms with Crippen molar-refractivity contribution in [3.05, 3.63) is 58.4 Å². The molecule has 0 saturated heterocycles. The van der Waals surface area contributed by atoms with Gasteiger partial charge in [-0.15, -0.1) is 0 Å². The van der Waals surface area contributed by atoms with Gasteiger partial charge in [-0.3, -0.25) is 5.84 Å². The minimum absolute atomic E-state index is 0.283. The van der Waals surface area contributed by atoms with E-state index in [0.29, 0.717) is 16.4 Å². The number of benzene rings is 1. The third kappa shape index (κ3) is 3.26. The maximum Gasteiger partial charge on any atom is 0.146 e. The molecule has 2 aromatic rings. The highest BCUT2D eigenvalue weighted by Crippen LogP contribution is 2.24. The molecule has 0 aliphatic heterocycles. The van der Waals surface area contributed by atoms with Crippen molar-refractivity contribution < 1.29 is 4.39 Å². The molecule has 0 aliphatic carbocycles. The summed E-state index contributed by atoms with van der Waals surface area (Å²) in [5.74, 6) is 5.64. The van der Waals surface area contributed by atoms with Crippen LogP contribution >= 0.6 is 11.6 Å². The lowest BCUT2D eigenvalue weighted by molar-refractivity contribution is 0.506. The van der Waals surface area contributed by atoms with Gasteiger partial charge in [-0.05, 0) is 24.6 Å². The Hall–Kier alpha value is -1.56.